The summed E-state index contributed by atoms with van der Waals surface area (Å²) in [6.07, 6.45) is 5.57. The van der Waals surface area contributed by atoms with Gasteiger partial charge in [0.25, 0.3) is 5.91 Å². The van der Waals surface area contributed by atoms with Crippen molar-refractivity contribution in [2.24, 2.45) is 0 Å². The smallest absolute Gasteiger partial charge is 0.257 e. The molecule has 0 aliphatic heterocycles. The molecule has 4 heteroatoms. The number of hydrogen-bond acceptors (Lipinski definition) is 2. The van der Waals surface area contributed by atoms with Crippen molar-refractivity contribution in [3.8, 4) is 5.69 Å². The van der Waals surface area contributed by atoms with Crippen molar-refractivity contribution in [2.75, 3.05) is 13.1 Å². The van der Waals surface area contributed by atoms with Crippen LogP contribution >= 0.6 is 0 Å². The Morgan fingerprint density at radius 3 is 2.65 bits per heavy atom. The van der Waals surface area contributed by atoms with E-state index in [0.717, 1.165) is 31.6 Å². The van der Waals surface area contributed by atoms with Gasteiger partial charge in [-0.25, -0.2) is 4.68 Å². The van der Waals surface area contributed by atoms with E-state index in [0.29, 0.717) is 5.56 Å². The largest absolute Gasteiger partial charge is 0.339 e. The third-order valence-corrected chi connectivity index (χ3v) is 3.30. The van der Waals surface area contributed by atoms with Gasteiger partial charge in [-0.3, -0.25) is 4.79 Å². The zero-order chi connectivity index (χ0) is 14.4. The molecule has 1 aromatic heterocycles. The third kappa shape index (κ3) is 3.26. The molecular weight excluding hydrogens is 250 g/mol. The second-order valence-electron chi connectivity index (χ2n) is 4.75. The predicted molar refractivity (Wildman–Crippen MR) is 80.0 cm³/mol. The highest BCUT2D eigenvalue weighted by molar-refractivity contribution is 5.93. The molecule has 1 amide bonds. The zero-order valence-corrected chi connectivity index (χ0v) is 12.1. The number of amides is 1. The standard InChI is InChI=1S/C16H21N3O/c1-3-5-11-18(4-2)16(20)14-12-17-19(13-14)15-9-7-6-8-10-15/h6-10,12-13H,3-5,11H2,1-2H3. The van der Waals surface area contributed by atoms with Crippen molar-refractivity contribution < 1.29 is 4.79 Å². The molecule has 2 aromatic rings. The second-order valence-corrected chi connectivity index (χ2v) is 4.75. The first-order valence-electron chi connectivity index (χ1n) is 7.15. The average Bonchev–Trinajstić information content (AvgIpc) is 2.98. The van der Waals surface area contributed by atoms with E-state index in [1.165, 1.54) is 0 Å². The highest BCUT2D eigenvalue weighted by Crippen LogP contribution is 2.10. The van der Waals surface area contributed by atoms with E-state index >= 15 is 0 Å². The maximum Gasteiger partial charge on any atom is 0.257 e. The van der Waals surface area contributed by atoms with Crippen molar-refractivity contribution in [1.29, 1.82) is 0 Å². The Morgan fingerprint density at radius 1 is 1.25 bits per heavy atom. The van der Waals surface area contributed by atoms with E-state index in [-0.39, 0.29) is 5.91 Å². The van der Waals surface area contributed by atoms with Crippen molar-refractivity contribution in [3.63, 3.8) is 0 Å². The summed E-state index contributed by atoms with van der Waals surface area (Å²) >= 11 is 0. The molecule has 0 N–H and O–H groups in total. The summed E-state index contributed by atoms with van der Waals surface area (Å²) in [6.45, 7) is 5.68. The molecule has 0 fully saturated rings. The van der Waals surface area contributed by atoms with E-state index < -0.39 is 0 Å². The van der Waals surface area contributed by atoms with Crippen LogP contribution < -0.4 is 0 Å². The number of aromatic nitrogens is 2. The minimum absolute atomic E-state index is 0.0585. The van der Waals surface area contributed by atoms with E-state index in [4.69, 9.17) is 0 Å². The van der Waals surface area contributed by atoms with Crippen LogP contribution in [-0.4, -0.2) is 33.7 Å². The van der Waals surface area contributed by atoms with Gasteiger partial charge in [0.1, 0.15) is 0 Å². The lowest BCUT2D eigenvalue weighted by molar-refractivity contribution is 0.0762. The molecule has 0 aliphatic carbocycles. The monoisotopic (exact) mass is 271 g/mol. The Balaban J connectivity index is 2.13. The van der Waals surface area contributed by atoms with Crippen LogP contribution in [0.3, 0.4) is 0 Å². The van der Waals surface area contributed by atoms with E-state index in [9.17, 15) is 4.79 Å². The number of hydrogen-bond donors (Lipinski definition) is 0. The molecule has 0 unspecified atom stereocenters. The van der Waals surface area contributed by atoms with Crippen LogP contribution in [0, 0.1) is 0 Å². The Bertz CT molecular complexity index is 548. The summed E-state index contributed by atoms with van der Waals surface area (Å²) in [4.78, 5) is 14.3. The molecule has 0 saturated heterocycles. The molecule has 0 atom stereocenters. The molecular formula is C16H21N3O. The number of benzene rings is 1. The van der Waals surface area contributed by atoms with Gasteiger partial charge in [-0.05, 0) is 25.5 Å². The number of unbranched alkanes of at least 4 members (excludes halogenated alkanes) is 1. The van der Waals surface area contributed by atoms with Crippen molar-refractivity contribution >= 4 is 5.91 Å². The quantitative estimate of drug-likeness (QED) is 0.809. The topological polar surface area (TPSA) is 38.1 Å². The van der Waals surface area contributed by atoms with Crippen LogP contribution in [0.2, 0.25) is 0 Å². The fourth-order valence-corrected chi connectivity index (χ4v) is 2.09. The summed E-state index contributed by atoms with van der Waals surface area (Å²) in [5.41, 5.74) is 1.61. The molecule has 1 aromatic carbocycles. The van der Waals surface area contributed by atoms with Crippen LogP contribution in [0.1, 0.15) is 37.0 Å². The molecule has 0 radical (unpaired) electrons. The molecule has 0 spiro atoms. The molecule has 4 nitrogen and oxygen atoms in total. The molecule has 0 saturated carbocycles. The second kappa shape index (κ2) is 6.89. The van der Waals surface area contributed by atoms with Crippen molar-refractivity contribution in [1.82, 2.24) is 14.7 Å². The van der Waals surface area contributed by atoms with Crippen LogP contribution in [0.4, 0.5) is 0 Å². The van der Waals surface area contributed by atoms with Gasteiger partial charge in [0.15, 0.2) is 0 Å². The number of nitrogens with zero attached hydrogens (tertiary/aromatic N) is 3. The van der Waals surface area contributed by atoms with E-state index in [2.05, 4.69) is 12.0 Å². The molecule has 0 aliphatic rings. The van der Waals surface area contributed by atoms with Gasteiger partial charge in [-0.15, -0.1) is 0 Å². The minimum atomic E-state index is 0.0585. The van der Waals surface area contributed by atoms with Gasteiger partial charge < -0.3 is 4.90 Å². The lowest BCUT2D eigenvalue weighted by Crippen LogP contribution is -2.31. The first kappa shape index (κ1) is 14.3. The maximum atomic E-state index is 12.4. The first-order valence-corrected chi connectivity index (χ1v) is 7.15. The average molecular weight is 271 g/mol. The van der Waals surface area contributed by atoms with Gasteiger partial charge in [-0.2, -0.15) is 5.10 Å². The van der Waals surface area contributed by atoms with Gasteiger partial charge in [0.05, 0.1) is 17.4 Å². The Morgan fingerprint density at radius 2 is 2.00 bits per heavy atom. The van der Waals surface area contributed by atoms with Crippen LogP contribution in [0.5, 0.6) is 0 Å². The highest BCUT2D eigenvalue weighted by Gasteiger charge is 2.15. The predicted octanol–water partition coefficient (Wildman–Crippen LogP) is 3.13. The van der Waals surface area contributed by atoms with E-state index in [1.807, 2.05) is 42.2 Å². The Hall–Kier alpha value is -2.10. The van der Waals surface area contributed by atoms with Crippen LogP contribution in [0.25, 0.3) is 5.69 Å². The lowest BCUT2D eigenvalue weighted by Gasteiger charge is -2.19. The summed E-state index contributed by atoms with van der Waals surface area (Å²) in [5, 5.41) is 4.27. The highest BCUT2D eigenvalue weighted by atomic mass is 16.2. The van der Waals surface area contributed by atoms with Gasteiger partial charge in [-0.1, -0.05) is 31.5 Å². The summed E-state index contributed by atoms with van der Waals surface area (Å²) < 4.78 is 1.74. The van der Waals surface area contributed by atoms with Crippen molar-refractivity contribution in [2.45, 2.75) is 26.7 Å². The molecule has 0 bridgehead atoms. The van der Waals surface area contributed by atoms with Crippen LogP contribution in [-0.2, 0) is 0 Å². The minimum Gasteiger partial charge on any atom is -0.339 e. The van der Waals surface area contributed by atoms with Gasteiger partial charge in [0.2, 0.25) is 0 Å². The van der Waals surface area contributed by atoms with Gasteiger partial charge in [0, 0.05) is 19.3 Å². The Kier molecular flexibility index (Phi) is 4.93. The summed E-state index contributed by atoms with van der Waals surface area (Å²) in [6, 6.07) is 9.81. The number of carbonyl (C=O) groups is 1. The molecule has 1 heterocycles. The lowest BCUT2D eigenvalue weighted by atomic mass is 10.2. The SMILES string of the molecule is CCCCN(CC)C(=O)c1cnn(-c2ccccc2)c1. The normalized spacial score (nSPS) is 10.5. The van der Waals surface area contributed by atoms with Crippen LogP contribution in [0.15, 0.2) is 42.7 Å². The number of para-hydroxylation sites is 1. The fraction of sp³-hybridized carbons (Fsp3) is 0.375. The fourth-order valence-electron chi connectivity index (χ4n) is 2.09. The Labute approximate surface area is 120 Å². The molecule has 2 rings (SSSR count). The summed E-state index contributed by atoms with van der Waals surface area (Å²) in [7, 11) is 0. The zero-order valence-electron chi connectivity index (χ0n) is 12.1. The van der Waals surface area contributed by atoms with Crippen molar-refractivity contribution in [3.05, 3.63) is 48.3 Å². The number of carbonyl (C=O) groups excluding carboxylic acids is 1. The maximum absolute atomic E-state index is 12.4. The first-order chi connectivity index (χ1) is 9.76. The summed E-state index contributed by atoms with van der Waals surface area (Å²) in [5.74, 6) is 0.0585. The molecule has 20 heavy (non-hydrogen) atoms. The van der Waals surface area contributed by atoms with E-state index in [1.54, 1.807) is 17.1 Å². The van der Waals surface area contributed by atoms with Gasteiger partial charge >= 0.3 is 0 Å². The molecule has 106 valence electrons. The third-order valence-electron chi connectivity index (χ3n) is 3.30. The number of rotatable bonds is 6.